The van der Waals surface area contributed by atoms with Gasteiger partial charge in [-0.2, -0.15) is 0 Å². The van der Waals surface area contributed by atoms with Crippen molar-refractivity contribution >= 4 is 29.6 Å². The van der Waals surface area contributed by atoms with E-state index in [4.69, 9.17) is 0 Å². The average molecular weight is 103 g/mol. The van der Waals surface area contributed by atoms with Crippen LogP contribution >= 0.6 is 0 Å². The Morgan fingerprint density at radius 1 is 1.57 bits per heavy atom. The molecule has 0 amide bonds. The number of hydrogen-bond acceptors (Lipinski definition) is 0. The molecule has 0 atom stereocenters. The van der Waals surface area contributed by atoms with Crippen LogP contribution in [0.3, 0.4) is 0 Å². The van der Waals surface area contributed by atoms with Gasteiger partial charge in [-0.25, -0.2) is 0 Å². The topological polar surface area (TPSA) is 0 Å². The molecule has 0 aromatic carbocycles. The maximum Gasteiger partial charge on any atom is 0 e. The molecule has 1 aliphatic rings. The van der Waals surface area contributed by atoms with Gasteiger partial charge in [0.1, 0.15) is 0 Å². The van der Waals surface area contributed by atoms with Crippen LogP contribution in [-0.2, 0) is 0 Å². The van der Waals surface area contributed by atoms with E-state index in [-0.39, 0.29) is 29.6 Å². The monoisotopic (exact) mass is 103 g/mol. The summed E-state index contributed by atoms with van der Waals surface area (Å²) in [5.74, 6) is 0. The Bertz CT molecular complexity index is 101. The Labute approximate surface area is 66.6 Å². The molecular formula is C6H8Na. The zero-order valence-corrected chi connectivity index (χ0v) is 6.94. The zero-order valence-electron chi connectivity index (χ0n) is 4.94. The predicted molar refractivity (Wildman–Crippen MR) is 33.3 cm³/mol. The van der Waals surface area contributed by atoms with E-state index in [1.165, 1.54) is 12.0 Å². The van der Waals surface area contributed by atoms with Gasteiger partial charge in [-0.05, 0) is 13.3 Å². The van der Waals surface area contributed by atoms with Gasteiger partial charge in [0.15, 0.2) is 0 Å². The second-order valence-electron chi connectivity index (χ2n) is 1.65. The van der Waals surface area contributed by atoms with E-state index in [0.717, 1.165) is 0 Å². The summed E-state index contributed by atoms with van der Waals surface area (Å²) in [4.78, 5) is 0. The summed E-state index contributed by atoms with van der Waals surface area (Å²) < 4.78 is 0. The van der Waals surface area contributed by atoms with Gasteiger partial charge in [0.2, 0.25) is 0 Å². The van der Waals surface area contributed by atoms with E-state index in [1.54, 1.807) is 0 Å². The van der Waals surface area contributed by atoms with E-state index in [1.807, 2.05) is 0 Å². The largest absolute Gasteiger partial charge is 0.0805 e. The molecule has 0 aromatic rings. The van der Waals surface area contributed by atoms with Crippen molar-refractivity contribution in [3.8, 4) is 0 Å². The quantitative estimate of drug-likeness (QED) is 0.408. The molecule has 0 N–H and O–H groups in total. The molecule has 33 valence electrons. The van der Waals surface area contributed by atoms with Crippen LogP contribution in [-0.4, -0.2) is 29.6 Å². The van der Waals surface area contributed by atoms with E-state index < -0.39 is 0 Å². The molecule has 0 heterocycles. The van der Waals surface area contributed by atoms with E-state index >= 15 is 0 Å². The molecular weight excluding hydrogens is 95.1 g/mol. The van der Waals surface area contributed by atoms with Crippen LogP contribution in [0.4, 0.5) is 0 Å². The fourth-order valence-corrected chi connectivity index (χ4v) is 0.554. The minimum Gasteiger partial charge on any atom is -0.0805 e. The third-order valence-corrected chi connectivity index (χ3v) is 0.957. The van der Waals surface area contributed by atoms with Gasteiger partial charge in [0, 0.05) is 29.6 Å². The molecule has 0 unspecified atom stereocenters. The van der Waals surface area contributed by atoms with Crippen molar-refractivity contribution in [3.05, 3.63) is 23.8 Å². The SMILES string of the molecule is CC1=CC=CC1.[Na]. The summed E-state index contributed by atoms with van der Waals surface area (Å²) in [7, 11) is 0. The van der Waals surface area contributed by atoms with Gasteiger partial charge in [-0.3, -0.25) is 0 Å². The van der Waals surface area contributed by atoms with Crippen molar-refractivity contribution in [3.63, 3.8) is 0 Å². The van der Waals surface area contributed by atoms with Crippen molar-refractivity contribution in [2.75, 3.05) is 0 Å². The third-order valence-electron chi connectivity index (χ3n) is 0.957. The van der Waals surface area contributed by atoms with Crippen molar-refractivity contribution in [1.82, 2.24) is 0 Å². The summed E-state index contributed by atoms with van der Waals surface area (Å²) in [5, 5.41) is 0. The fourth-order valence-electron chi connectivity index (χ4n) is 0.554. The van der Waals surface area contributed by atoms with Crippen LogP contribution in [0.5, 0.6) is 0 Å². The molecule has 0 spiro atoms. The maximum atomic E-state index is 2.16. The molecule has 1 aliphatic carbocycles. The third kappa shape index (κ3) is 2.32. The Hall–Kier alpha value is 0.480. The number of rotatable bonds is 0. The van der Waals surface area contributed by atoms with Crippen LogP contribution < -0.4 is 0 Å². The predicted octanol–water partition coefficient (Wildman–Crippen LogP) is 1.51. The fraction of sp³-hybridized carbons (Fsp3) is 0.333. The minimum atomic E-state index is 0. The summed E-state index contributed by atoms with van der Waals surface area (Å²) >= 11 is 0. The van der Waals surface area contributed by atoms with Crippen molar-refractivity contribution in [2.45, 2.75) is 13.3 Å². The van der Waals surface area contributed by atoms with Crippen LogP contribution in [0.15, 0.2) is 23.8 Å². The zero-order chi connectivity index (χ0) is 4.41. The van der Waals surface area contributed by atoms with Crippen molar-refractivity contribution < 1.29 is 0 Å². The van der Waals surface area contributed by atoms with Crippen LogP contribution in [0.2, 0.25) is 0 Å². The Morgan fingerprint density at radius 2 is 2.29 bits per heavy atom. The summed E-state index contributed by atoms with van der Waals surface area (Å²) in [6.45, 7) is 2.14. The summed E-state index contributed by atoms with van der Waals surface area (Å²) in [6.07, 6.45) is 7.56. The first-order valence-electron chi connectivity index (χ1n) is 2.22. The number of allylic oxidation sites excluding steroid dienone is 4. The van der Waals surface area contributed by atoms with E-state index in [9.17, 15) is 0 Å². The van der Waals surface area contributed by atoms with Gasteiger partial charge < -0.3 is 0 Å². The molecule has 0 aromatic heterocycles. The maximum absolute atomic E-state index is 2.16. The molecule has 7 heavy (non-hydrogen) atoms. The molecule has 1 radical (unpaired) electrons. The second kappa shape index (κ2) is 3.48. The first kappa shape index (κ1) is 7.48. The van der Waals surface area contributed by atoms with Crippen LogP contribution in [0, 0.1) is 0 Å². The Balaban J connectivity index is 0.000000360. The first-order valence-corrected chi connectivity index (χ1v) is 2.22. The van der Waals surface area contributed by atoms with Gasteiger partial charge in [0.25, 0.3) is 0 Å². The van der Waals surface area contributed by atoms with Gasteiger partial charge in [0.05, 0.1) is 0 Å². The van der Waals surface area contributed by atoms with Gasteiger partial charge >= 0.3 is 0 Å². The van der Waals surface area contributed by atoms with E-state index in [0.29, 0.717) is 0 Å². The molecule has 0 bridgehead atoms. The molecule has 0 saturated heterocycles. The Kier molecular flexibility index (Phi) is 3.72. The normalized spacial score (nSPS) is 15.9. The van der Waals surface area contributed by atoms with E-state index in [2.05, 4.69) is 25.2 Å². The minimum absolute atomic E-state index is 0. The Morgan fingerprint density at radius 3 is 2.43 bits per heavy atom. The summed E-state index contributed by atoms with van der Waals surface area (Å²) in [5.41, 5.74) is 1.47. The molecule has 0 nitrogen and oxygen atoms in total. The second-order valence-corrected chi connectivity index (χ2v) is 1.65. The molecule has 0 saturated carbocycles. The average Bonchev–Trinajstić information content (AvgIpc) is 1.86. The molecule has 0 fully saturated rings. The van der Waals surface area contributed by atoms with Gasteiger partial charge in [-0.15, -0.1) is 0 Å². The standard InChI is InChI=1S/C6H8.Na/c1-6-4-2-3-5-6;/h2-4H,5H2,1H3;. The van der Waals surface area contributed by atoms with Gasteiger partial charge in [-0.1, -0.05) is 23.8 Å². The van der Waals surface area contributed by atoms with Crippen molar-refractivity contribution in [1.29, 1.82) is 0 Å². The van der Waals surface area contributed by atoms with Crippen LogP contribution in [0.25, 0.3) is 0 Å². The van der Waals surface area contributed by atoms with Crippen LogP contribution in [0.1, 0.15) is 13.3 Å². The molecule has 1 rings (SSSR count). The smallest absolute Gasteiger partial charge is 0 e. The summed E-state index contributed by atoms with van der Waals surface area (Å²) in [6, 6.07) is 0. The molecule has 1 heteroatoms. The van der Waals surface area contributed by atoms with Crippen molar-refractivity contribution in [2.24, 2.45) is 0 Å². The first-order chi connectivity index (χ1) is 2.89. The number of hydrogen-bond donors (Lipinski definition) is 0. The molecule has 0 aliphatic heterocycles.